The Morgan fingerprint density at radius 2 is 2.42 bits per heavy atom. The van der Waals surface area contributed by atoms with Crippen LogP contribution in [0.3, 0.4) is 0 Å². The maximum atomic E-state index is 11.6. The third-order valence-corrected chi connectivity index (χ3v) is 2.71. The maximum absolute atomic E-state index is 11.6. The first-order chi connectivity index (χ1) is 9.15. The van der Waals surface area contributed by atoms with Crippen LogP contribution in [-0.2, 0) is 9.53 Å². The molecule has 1 radical (unpaired) electrons. The van der Waals surface area contributed by atoms with Crippen LogP contribution in [0.5, 0.6) is 0 Å². The van der Waals surface area contributed by atoms with Crippen molar-refractivity contribution in [2.45, 2.75) is 19.4 Å². The van der Waals surface area contributed by atoms with Gasteiger partial charge in [0.25, 0.3) is 0 Å². The van der Waals surface area contributed by atoms with E-state index in [1.54, 1.807) is 30.8 Å². The summed E-state index contributed by atoms with van der Waals surface area (Å²) < 4.78 is 6.59. The van der Waals surface area contributed by atoms with Gasteiger partial charge in [-0.25, -0.2) is 0 Å². The lowest BCUT2D eigenvalue weighted by molar-refractivity contribution is -0.144. The Morgan fingerprint density at radius 3 is 2.95 bits per heavy atom. The monoisotopic (exact) mass is 265 g/mol. The van der Waals surface area contributed by atoms with Gasteiger partial charge in [0.05, 0.1) is 24.8 Å². The number of aromatic nitrogens is 1. The van der Waals surface area contributed by atoms with Crippen LogP contribution >= 0.6 is 0 Å². The molecular weight excluding hydrogens is 247 g/mol. The quantitative estimate of drug-likeness (QED) is 0.367. The zero-order valence-electron chi connectivity index (χ0n) is 11.1. The number of esters is 1. The SMILES string of the molecule is CCOC(=O)CC(CNC)n1cc([B]O)cc1C=O. The first-order valence-corrected chi connectivity index (χ1v) is 6.10. The Kier molecular flexibility index (Phi) is 6.31. The molecule has 0 aliphatic heterocycles. The Morgan fingerprint density at radius 1 is 1.68 bits per heavy atom. The predicted molar refractivity (Wildman–Crippen MR) is 71.6 cm³/mol. The van der Waals surface area contributed by atoms with Gasteiger partial charge < -0.3 is 19.6 Å². The van der Waals surface area contributed by atoms with Gasteiger partial charge in [0.2, 0.25) is 0 Å². The van der Waals surface area contributed by atoms with Gasteiger partial charge in [0, 0.05) is 12.7 Å². The van der Waals surface area contributed by atoms with Gasteiger partial charge in [-0.05, 0) is 25.5 Å². The molecule has 0 saturated heterocycles. The van der Waals surface area contributed by atoms with Crippen molar-refractivity contribution < 1.29 is 19.3 Å². The first-order valence-electron chi connectivity index (χ1n) is 6.10. The second kappa shape index (κ2) is 7.76. The zero-order chi connectivity index (χ0) is 14.3. The lowest BCUT2D eigenvalue weighted by Crippen LogP contribution is -2.26. The van der Waals surface area contributed by atoms with Crippen LogP contribution in [-0.4, -0.2) is 49.5 Å². The molecule has 0 aliphatic rings. The summed E-state index contributed by atoms with van der Waals surface area (Å²) in [6, 6.07) is 1.32. The zero-order valence-corrected chi connectivity index (χ0v) is 11.1. The molecule has 2 N–H and O–H groups in total. The van der Waals surface area contributed by atoms with Crippen molar-refractivity contribution in [1.82, 2.24) is 9.88 Å². The highest BCUT2D eigenvalue weighted by molar-refractivity contribution is 6.45. The van der Waals surface area contributed by atoms with E-state index in [2.05, 4.69) is 5.32 Å². The topological polar surface area (TPSA) is 80.6 Å². The van der Waals surface area contributed by atoms with Crippen molar-refractivity contribution in [3.8, 4) is 0 Å². The number of nitrogens with one attached hydrogen (secondary N) is 1. The minimum atomic E-state index is -0.317. The largest absolute Gasteiger partial charge is 0.466 e. The van der Waals surface area contributed by atoms with E-state index in [4.69, 9.17) is 9.76 Å². The van der Waals surface area contributed by atoms with Crippen molar-refractivity contribution in [2.75, 3.05) is 20.2 Å². The number of nitrogens with zero attached hydrogens (tertiary/aromatic N) is 1. The number of hydrogen-bond donors (Lipinski definition) is 2. The van der Waals surface area contributed by atoms with E-state index >= 15 is 0 Å². The molecule has 1 unspecified atom stereocenters. The summed E-state index contributed by atoms with van der Waals surface area (Å²) in [7, 11) is 2.69. The Hall–Kier alpha value is -1.60. The summed E-state index contributed by atoms with van der Waals surface area (Å²) in [5.74, 6) is -0.317. The number of hydrogen-bond acceptors (Lipinski definition) is 5. The first kappa shape index (κ1) is 15.5. The molecule has 0 amide bonds. The van der Waals surface area contributed by atoms with Gasteiger partial charge in [-0.2, -0.15) is 0 Å². The van der Waals surface area contributed by atoms with E-state index in [-0.39, 0.29) is 18.4 Å². The van der Waals surface area contributed by atoms with Crippen molar-refractivity contribution in [3.63, 3.8) is 0 Å². The smallest absolute Gasteiger partial charge is 0.328 e. The van der Waals surface area contributed by atoms with Gasteiger partial charge in [-0.1, -0.05) is 0 Å². The molecule has 0 bridgehead atoms. The minimum absolute atomic E-state index is 0.162. The Bertz CT molecular complexity index is 433. The van der Waals surface area contributed by atoms with Gasteiger partial charge in [0.15, 0.2) is 6.29 Å². The number of rotatable bonds is 8. The summed E-state index contributed by atoms with van der Waals surface area (Å²) in [6.07, 6.45) is 2.49. The molecule has 6 nitrogen and oxygen atoms in total. The standard InChI is InChI=1S/C12H18BN2O4/c1-3-19-12(17)5-10(6-14-2)15-7-9(13-18)4-11(15)8-16/h4,7-8,10,14,18H,3,5-6H2,1-2H3. The van der Waals surface area contributed by atoms with Crippen LogP contribution in [0.25, 0.3) is 0 Å². The fourth-order valence-electron chi connectivity index (χ4n) is 1.92. The molecule has 0 aromatic carbocycles. The second-order valence-corrected chi connectivity index (χ2v) is 4.07. The highest BCUT2D eigenvalue weighted by Gasteiger charge is 2.19. The van der Waals surface area contributed by atoms with Crippen molar-refractivity contribution in [3.05, 3.63) is 18.0 Å². The van der Waals surface area contributed by atoms with Crippen molar-refractivity contribution in [1.29, 1.82) is 0 Å². The number of aldehydes is 1. The van der Waals surface area contributed by atoms with E-state index in [1.165, 1.54) is 0 Å². The average Bonchev–Trinajstić information content (AvgIpc) is 2.81. The van der Waals surface area contributed by atoms with Crippen molar-refractivity contribution >= 4 is 25.2 Å². The summed E-state index contributed by atoms with van der Waals surface area (Å²) in [6.45, 7) is 2.59. The van der Waals surface area contributed by atoms with E-state index < -0.39 is 0 Å². The lowest BCUT2D eigenvalue weighted by atomic mass is 9.92. The molecule has 1 aromatic heterocycles. The van der Waals surface area contributed by atoms with Crippen LogP contribution in [0.4, 0.5) is 0 Å². The Labute approximate surface area is 113 Å². The molecular formula is C12H18BN2O4. The number of likely N-dealkylation sites (N-methyl/N-ethyl adjacent to an activating group) is 1. The second-order valence-electron chi connectivity index (χ2n) is 4.07. The number of ether oxygens (including phenoxy) is 1. The molecule has 7 heteroatoms. The molecule has 1 aromatic rings. The normalized spacial score (nSPS) is 11.9. The van der Waals surface area contributed by atoms with Gasteiger partial charge in [-0.3, -0.25) is 9.59 Å². The fourth-order valence-corrected chi connectivity index (χ4v) is 1.92. The number of carbonyl (C=O) groups excluding carboxylic acids is 2. The molecule has 19 heavy (non-hydrogen) atoms. The van der Waals surface area contributed by atoms with E-state index in [9.17, 15) is 9.59 Å². The highest BCUT2D eigenvalue weighted by atomic mass is 16.5. The summed E-state index contributed by atoms with van der Waals surface area (Å²) >= 11 is 0. The predicted octanol–water partition coefficient (Wildman–Crippen LogP) is -0.749. The van der Waals surface area contributed by atoms with E-state index in [0.717, 1.165) is 7.48 Å². The summed E-state index contributed by atoms with van der Waals surface area (Å²) in [5.41, 5.74) is 0.928. The lowest BCUT2D eigenvalue weighted by Gasteiger charge is -2.19. The van der Waals surface area contributed by atoms with E-state index in [1.807, 2.05) is 0 Å². The van der Waals surface area contributed by atoms with Gasteiger partial charge in [0.1, 0.15) is 0 Å². The van der Waals surface area contributed by atoms with Crippen molar-refractivity contribution in [2.24, 2.45) is 0 Å². The molecule has 103 valence electrons. The van der Waals surface area contributed by atoms with Crippen LogP contribution in [0, 0.1) is 0 Å². The van der Waals surface area contributed by atoms with Crippen LogP contribution in [0.15, 0.2) is 12.3 Å². The van der Waals surface area contributed by atoms with Crippen LogP contribution < -0.4 is 10.8 Å². The fraction of sp³-hybridized carbons (Fsp3) is 0.500. The molecule has 1 heterocycles. The average molecular weight is 265 g/mol. The molecule has 1 rings (SSSR count). The third-order valence-electron chi connectivity index (χ3n) is 2.71. The highest BCUT2D eigenvalue weighted by Crippen LogP contribution is 2.14. The van der Waals surface area contributed by atoms with Gasteiger partial charge >= 0.3 is 13.5 Å². The molecule has 0 aliphatic carbocycles. The van der Waals surface area contributed by atoms with Crippen LogP contribution in [0.2, 0.25) is 0 Å². The number of carbonyl (C=O) groups is 2. The maximum Gasteiger partial charge on any atom is 0.328 e. The minimum Gasteiger partial charge on any atom is -0.466 e. The summed E-state index contributed by atoms with van der Waals surface area (Å²) in [5, 5.41) is 12.0. The Balaban J connectivity index is 2.93. The summed E-state index contributed by atoms with van der Waals surface area (Å²) in [4.78, 5) is 22.6. The third kappa shape index (κ3) is 4.22. The van der Waals surface area contributed by atoms with Gasteiger partial charge in [-0.15, -0.1) is 0 Å². The molecule has 0 saturated carbocycles. The van der Waals surface area contributed by atoms with Crippen LogP contribution in [0.1, 0.15) is 29.9 Å². The molecule has 1 atom stereocenters. The molecule has 0 spiro atoms. The molecule has 0 fully saturated rings. The van der Waals surface area contributed by atoms with E-state index in [0.29, 0.717) is 30.6 Å².